The Morgan fingerprint density at radius 1 is 1.53 bits per heavy atom. The van der Waals surface area contributed by atoms with Crippen LogP contribution in [0.2, 0.25) is 0 Å². The Morgan fingerprint density at radius 3 is 2.53 bits per heavy atom. The number of oxime groups is 1. The molecule has 0 aromatic carbocycles. The quantitative estimate of drug-likeness (QED) is 0.268. The van der Waals surface area contributed by atoms with Crippen LogP contribution in [0, 0.1) is 5.92 Å². The van der Waals surface area contributed by atoms with Crippen molar-refractivity contribution in [3.63, 3.8) is 0 Å². The summed E-state index contributed by atoms with van der Waals surface area (Å²) in [6.07, 6.45) is 2.42. The van der Waals surface area contributed by atoms with Gasteiger partial charge in [-0.2, -0.15) is 0 Å². The summed E-state index contributed by atoms with van der Waals surface area (Å²) in [5.74, 6) is -0.0274. The second kappa shape index (κ2) is 7.09. The molecule has 88 valence electrons. The van der Waals surface area contributed by atoms with Gasteiger partial charge in [-0.3, -0.25) is 4.79 Å². The predicted molar refractivity (Wildman–Crippen MR) is 59.7 cm³/mol. The van der Waals surface area contributed by atoms with Gasteiger partial charge in [0.25, 0.3) is 0 Å². The Kier molecular flexibility index (Phi) is 6.49. The monoisotopic (exact) mass is 215 g/mol. The van der Waals surface area contributed by atoms with Crippen molar-refractivity contribution in [2.45, 2.75) is 46.1 Å². The first-order valence-electron chi connectivity index (χ1n) is 5.34. The van der Waals surface area contributed by atoms with E-state index in [0.717, 1.165) is 12.8 Å². The smallest absolute Gasteiger partial charge is 0.223 e. The maximum atomic E-state index is 11.6. The van der Waals surface area contributed by atoms with Crippen molar-refractivity contribution in [3.05, 3.63) is 0 Å². The number of hydrogen-bond acceptors (Lipinski definition) is 3. The number of hydrogen-bond donors (Lipinski definition) is 3. The fourth-order valence-electron chi connectivity index (χ4n) is 1.33. The van der Waals surface area contributed by atoms with Crippen molar-refractivity contribution in [1.29, 1.82) is 0 Å². The van der Waals surface area contributed by atoms with E-state index in [-0.39, 0.29) is 23.7 Å². The third-order valence-corrected chi connectivity index (χ3v) is 2.37. The predicted octanol–water partition coefficient (Wildman–Crippen LogP) is 1.06. The van der Waals surface area contributed by atoms with E-state index in [1.807, 2.05) is 20.8 Å². The molecule has 0 saturated carbocycles. The molecule has 5 nitrogen and oxygen atoms in total. The molecule has 0 aromatic rings. The summed E-state index contributed by atoms with van der Waals surface area (Å²) in [6, 6.07) is -0.373. The first-order valence-corrected chi connectivity index (χ1v) is 5.34. The summed E-state index contributed by atoms with van der Waals surface area (Å²) >= 11 is 0. The molecule has 4 N–H and O–H groups in total. The van der Waals surface area contributed by atoms with Crippen LogP contribution >= 0.6 is 0 Å². The van der Waals surface area contributed by atoms with E-state index in [1.54, 1.807) is 0 Å². The number of nitrogens with two attached hydrogens (primary N) is 1. The van der Waals surface area contributed by atoms with Crippen LogP contribution in [0.1, 0.15) is 40.0 Å². The first kappa shape index (κ1) is 13.7. The highest BCUT2D eigenvalue weighted by Gasteiger charge is 2.18. The first-order chi connectivity index (χ1) is 7.06. The van der Waals surface area contributed by atoms with Gasteiger partial charge < -0.3 is 16.3 Å². The summed E-state index contributed by atoms with van der Waals surface area (Å²) in [4.78, 5) is 11.6. The molecule has 2 unspecified atom stereocenters. The Labute approximate surface area is 90.7 Å². The number of carbonyl (C=O) groups is 1. The van der Waals surface area contributed by atoms with Gasteiger partial charge in [-0.25, -0.2) is 0 Å². The van der Waals surface area contributed by atoms with E-state index < -0.39 is 0 Å². The van der Waals surface area contributed by atoms with Gasteiger partial charge in [0.15, 0.2) is 5.84 Å². The Morgan fingerprint density at radius 2 is 2.13 bits per heavy atom. The second-order valence-corrected chi connectivity index (χ2v) is 3.68. The van der Waals surface area contributed by atoms with E-state index >= 15 is 0 Å². The lowest BCUT2D eigenvalue weighted by Gasteiger charge is -2.18. The van der Waals surface area contributed by atoms with Crippen LogP contribution in [0.5, 0.6) is 0 Å². The molecule has 0 aromatic heterocycles. The van der Waals surface area contributed by atoms with Crippen molar-refractivity contribution in [1.82, 2.24) is 5.32 Å². The zero-order valence-electron chi connectivity index (χ0n) is 9.66. The second-order valence-electron chi connectivity index (χ2n) is 3.68. The minimum atomic E-state index is -0.373. The Bertz CT molecular complexity index is 229. The summed E-state index contributed by atoms with van der Waals surface area (Å²) in [7, 11) is 0. The third-order valence-electron chi connectivity index (χ3n) is 2.37. The number of nitrogens with zero attached hydrogens (tertiary/aromatic N) is 1. The van der Waals surface area contributed by atoms with E-state index in [2.05, 4.69) is 10.5 Å². The zero-order valence-corrected chi connectivity index (χ0v) is 9.66. The van der Waals surface area contributed by atoms with E-state index in [0.29, 0.717) is 6.42 Å². The van der Waals surface area contributed by atoms with E-state index in [9.17, 15) is 4.79 Å². The van der Waals surface area contributed by atoms with Crippen LogP contribution in [0.25, 0.3) is 0 Å². The van der Waals surface area contributed by atoms with Gasteiger partial charge in [-0.05, 0) is 12.8 Å². The molecular weight excluding hydrogens is 194 g/mol. The molecular formula is C10H21N3O2. The molecule has 5 heteroatoms. The Balaban J connectivity index is 4.24. The van der Waals surface area contributed by atoms with Crippen molar-refractivity contribution < 1.29 is 10.0 Å². The maximum absolute atomic E-state index is 11.6. The van der Waals surface area contributed by atoms with Gasteiger partial charge in [0.1, 0.15) is 0 Å². The van der Waals surface area contributed by atoms with E-state index in [4.69, 9.17) is 10.9 Å². The molecule has 0 radical (unpaired) electrons. The summed E-state index contributed by atoms with van der Waals surface area (Å²) < 4.78 is 0. The molecule has 0 bridgehead atoms. The molecule has 0 fully saturated rings. The molecule has 2 atom stereocenters. The van der Waals surface area contributed by atoms with Crippen LogP contribution in [-0.2, 0) is 4.79 Å². The fourth-order valence-corrected chi connectivity index (χ4v) is 1.33. The molecule has 15 heavy (non-hydrogen) atoms. The van der Waals surface area contributed by atoms with E-state index in [1.165, 1.54) is 0 Å². The van der Waals surface area contributed by atoms with Gasteiger partial charge in [0.2, 0.25) is 5.91 Å². The summed E-state index contributed by atoms with van der Waals surface area (Å²) in [6.45, 7) is 5.77. The zero-order chi connectivity index (χ0) is 11.8. The van der Waals surface area contributed by atoms with Gasteiger partial charge in [0, 0.05) is 5.92 Å². The lowest BCUT2D eigenvalue weighted by Crippen LogP contribution is -2.45. The lowest BCUT2D eigenvalue weighted by molar-refractivity contribution is -0.125. The number of amides is 1. The third kappa shape index (κ3) is 4.67. The van der Waals surface area contributed by atoms with Crippen molar-refractivity contribution >= 4 is 11.7 Å². The summed E-state index contributed by atoms with van der Waals surface area (Å²) in [5, 5.41) is 14.1. The highest BCUT2D eigenvalue weighted by atomic mass is 16.4. The SMILES string of the molecule is CCCC(C)C(=O)NC(CC)/C(N)=N/O. The molecule has 0 aliphatic carbocycles. The van der Waals surface area contributed by atoms with Crippen molar-refractivity contribution in [2.75, 3.05) is 0 Å². The van der Waals surface area contributed by atoms with Crippen LogP contribution in [-0.4, -0.2) is 23.0 Å². The molecule has 0 aliphatic rings. The van der Waals surface area contributed by atoms with Gasteiger partial charge in [-0.1, -0.05) is 32.3 Å². The average molecular weight is 215 g/mol. The molecule has 0 aliphatic heterocycles. The van der Waals surface area contributed by atoms with Crippen LogP contribution in [0.3, 0.4) is 0 Å². The number of amidine groups is 1. The molecule has 0 heterocycles. The number of carbonyl (C=O) groups excluding carboxylic acids is 1. The normalized spacial score (nSPS) is 15.8. The highest BCUT2D eigenvalue weighted by Crippen LogP contribution is 2.05. The van der Waals surface area contributed by atoms with Crippen LogP contribution in [0.15, 0.2) is 5.16 Å². The Hall–Kier alpha value is -1.26. The molecule has 1 amide bonds. The molecule has 0 spiro atoms. The van der Waals surface area contributed by atoms with Gasteiger partial charge in [-0.15, -0.1) is 0 Å². The minimum absolute atomic E-state index is 0.0319. The minimum Gasteiger partial charge on any atom is -0.409 e. The van der Waals surface area contributed by atoms with Crippen LogP contribution in [0.4, 0.5) is 0 Å². The van der Waals surface area contributed by atoms with Crippen LogP contribution < -0.4 is 11.1 Å². The van der Waals surface area contributed by atoms with Gasteiger partial charge >= 0.3 is 0 Å². The number of nitrogens with one attached hydrogen (secondary N) is 1. The fraction of sp³-hybridized carbons (Fsp3) is 0.800. The maximum Gasteiger partial charge on any atom is 0.223 e. The van der Waals surface area contributed by atoms with Crippen molar-refractivity contribution in [2.24, 2.45) is 16.8 Å². The molecule has 0 saturated heterocycles. The summed E-state index contributed by atoms with van der Waals surface area (Å²) in [5.41, 5.74) is 5.44. The highest BCUT2D eigenvalue weighted by molar-refractivity contribution is 5.90. The topological polar surface area (TPSA) is 87.7 Å². The van der Waals surface area contributed by atoms with Crippen molar-refractivity contribution in [3.8, 4) is 0 Å². The molecule has 0 rings (SSSR count). The lowest BCUT2D eigenvalue weighted by atomic mass is 10.0. The largest absolute Gasteiger partial charge is 0.409 e. The number of rotatable bonds is 6. The van der Waals surface area contributed by atoms with Gasteiger partial charge in [0.05, 0.1) is 6.04 Å². The standard InChI is InChI=1S/C10H21N3O2/c1-4-6-7(3)10(14)12-8(5-2)9(11)13-15/h7-8,15H,4-6H2,1-3H3,(H2,11,13)(H,12,14). The average Bonchev–Trinajstić information content (AvgIpc) is 2.24.